The van der Waals surface area contributed by atoms with Gasteiger partial charge >= 0.3 is 0 Å². The summed E-state index contributed by atoms with van der Waals surface area (Å²) in [4.78, 5) is 3.01. The van der Waals surface area contributed by atoms with Crippen molar-refractivity contribution in [1.82, 2.24) is 5.32 Å². The highest BCUT2D eigenvalue weighted by molar-refractivity contribution is 7.91. The standard InChI is InChI=1S/C29H28N2O4S2/c1-36(32,33)26-12-6-8-23(20-26)22-7-5-9-24(19-22)28-21-27(37(34,35)25-10-3-2-4-11-25)13-14-29(28)31-17-15-30-16-18-31/h2-14,19-21,30H,15-18H2,1H3. The molecule has 6 nitrogen and oxygen atoms in total. The molecule has 37 heavy (non-hydrogen) atoms. The van der Waals surface area contributed by atoms with Gasteiger partial charge in [0.05, 0.1) is 14.7 Å². The van der Waals surface area contributed by atoms with Gasteiger partial charge in [-0.2, -0.15) is 0 Å². The van der Waals surface area contributed by atoms with Crippen molar-refractivity contribution in [2.24, 2.45) is 0 Å². The van der Waals surface area contributed by atoms with Crippen molar-refractivity contribution in [1.29, 1.82) is 0 Å². The molecule has 0 aromatic heterocycles. The molecule has 1 saturated heterocycles. The molecule has 8 heteroatoms. The molecule has 0 aliphatic carbocycles. The van der Waals surface area contributed by atoms with Gasteiger partial charge in [0.2, 0.25) is 9.84 Å². The van der Waals surface area contributed by atoms with E-state index in [0.717, 1.165) is 54.1 Å². The molecule has 1 N–H and O–H groups in total. The zero-order valence-electron chi connectivity index (χ0n) is 20.5. The van der Waals surface area contributed by atoms with Gasteiger partial charge in [-0.1, -0.05) is 48.5 Å². The van der Waals surface area contributed by atoms with Crippen molar-refractivity contribution in [2.75, 3.05) is 37.3 Å². The quantitative estimate of drug-likeness (QED) is 0.389. The lowest BCUT2D eigenvalue weighted by Crippen LogP contribution is -2.43. The number of hydrogen-bond donors (Lipinski definition) is 1. The zero-order chi connectivity index (χ0) is 26.0. The monoisotopic (exact) mass is 532 g/mol. The van der Waals surface area contributed by atoms with E-state index in [1.54, 1.807) is 60.7 Å². The van der Waals surface area contributed by atoms with Gasteiger partial charge < -0.3 is 10.2 Å². The number of sulfone groups is 2. The highest BCUT2D eigenvalue weighted by atomic mass is 32.2. The third-order valence-electron chi connectivity index (χ3n) is 6.56. The van der Waals surface area contributed by atoms with Gasteiger partial charge in [0.25, 0.3) is 0 Å². The largest absolute Gasteiger partial charge is 0.368 e. The van der Waals surface area contributed by atoms with E-state index >= 15 is 0 Å². The van der Waals surface area contributed by atoms with E-state index in [1.165, 1.54) is 6.26 Å². The predicted octanol–water partition coefficient (Wildman–Crippen LogP) is 4.67. The van der Waals surface area contributed by atoms with Crippen LogP contribution in [0.4, 0.5) is 5.69 Å². The molecule has 1 heterocycles. The Balaban J connectivity index is 1.65. The van der Waals surface area contributed by atoms with Crippen LogP contribution in [0, 0.1) is 0 Å². The molecule has 4 aromatic carbocycles. The van der Waals surface area contributed by atoms with Crippen molar-refractivity contribution in [3.8, 4) is 22.3 Å². The maximum absolute atomic E-state index is 13.4. The molecule has 0 unspecified atom stereocenters. The molecule has 0 saturated carbocycles. The fourth-order valence-corrected chi connectivity index (χ4v) is 6.58. The lowest BCUT2D eigenvalue weighted by molar-refractivity contribution is 0.589. The molecule has 0 amide bonds. The summed E-state index contributed by atoms with van der Waals surface area (Å²) < 4.78 is 51.1. The first-order chi connectivity index (χ1) is 17.7. The van der Waals surface area contributed by atoms with Gasteiger partial charge in [-0.3, -0.25) is 0 Å². The van der Waals surface area contributed by atoms with Crippen LogP contribution >= 0.6 is 0 Å². The number of piperazine rings is 1. The molecular formula is C29H28N2O4S2. The summed E-state index contributed by atoms with van der Waals surface area (Å²) in [6.07, 6.45) is 1.20. The Morgan fingerprint density at radius 3 is 1.95 bits per heavy atom. The van der Waals surface area contributed by atoms with Gasteiger partial charge in [0.1, 0.15) is 0 Å². The number of nitrogens with zero attached hydrogens (tertiary/aromatic N) is 1. The van der Waals surface area contributed by atoms with Crippen LogP contribution in [0.2, 0.25) is 0 Å². The summed E-state index contributed by atoms with van der Waals surface area (Å²) in [5, 5.41) is 3.36. The number of nitrogens with one attached hydrogen (secondary N) is 1. The topological polar surface area (TPSA) is 83.5 Å². The van der Waals surface area contributed by atoms with E-state index in [1.807, 2.05) is 36.4 Å². The highest BCUT2D eigenvalue weighted by Gasteiger charge is 2.22. The minimum absolute atomic E-state index is 0.233. The fourth-order valence-electron chi connectivity index (χ4n) is 4.60. The first-order valence-corrected chi connectivity index (χ1v) is 15.4. The van der Waals surface area contributed by atoms with E-state index in [2.05, 4.69) is 10.2 Å². The van der Waals surface area contributed by atoms with Gasteiger partial charge in [-0.25, -0.2) is 16.8 Å². The Kier molecular flexibility index (Phi) is 6.90. The van der Waals surface area contributed by atoms with Crippen LogP contribution < -0.4 is 10.2 Å². The normalized spacial score (nSPS) is 14.5. The molecule has 0 radical (unpaired) electrons. The van der Waals surface area contributed by atoms with Crippen LogP contribution in [0.25, 0.3) is 22.3 Å². The van der Waals surface area contributed by atoms with Crippen molar-refractivity contribution >= 4 is 25.4 Å². The molecule has 0 bridgehead atoms. The van der Waals surface area contributed by atoms with E-state index in [4.69, 9.17) is 0 Å². The SMILES string of the molecule is CS(=O)(=O)c1cccc(-c2cccc(-c3cc(S(=O)(=O)c4ccccc4)ccc3N3CCNCC3)c2)c1. The van der Waals surface area contributed by atoms with Crippen molar-refractivity contribution in [2.45, 2.75) is 14.7 Å². The second kappa shape index (κ2) is 10.1. The van der Waals surface area contributed by atoms with E-state index in [-0.39, 0.29) is 14.7 Å². The molecule has 0 atom stereocenters. The van der Waals surface area contributed by atoms with E-state index in [0.29, 0.717) is 0 Å². The van der Waals surface area contributed by atoms with Gasteiger partial charge in [-0.05, 0) is 65.2 Å². The minimum atomic E-state index is -3.70. The molecule has 4 aromatic rings. The second-order valence-electron chi connectivity index (χ2n) is 9.11. The number of anilines is 1. The van der Waals surface area contributed by atoms with Crippen LogP contribution in [-0.4, -0.2) is 49.3 Å². The summed E-state index contributed by atoms with van der Waals surface area (Å²) in [5.41, 5.74) is 4.28. The number of rotatable bonds is 6. The van der Waals surface area contributed by atoms with Crippen molar-refractivity contribution in [3.63, 3.8) is 0 Å². The molecule has 190 valence electrons. The highest BCUT2D eigenvalue weighted by Crippen LogP contribution is 2.37. The van der Waals surface area contributed by atoms with Gasteiger partial charge in [0.15, 0.2) is 9.84 Å². The maximum Gasteiger partial charge on any atom is 0.206 e. The smallest absolute Gasteiger partial charge is 0.206 e. The Hall–Kier alpha value is -3.46. The third kappa shape index (κ3) is 5.32. The lowest BCUT2D eigenvalue weighted by atomic mass is 9.97. The summed E-state index contributed by atoms with van der Waals surface area (Å²) in [6.45, 7) is 3.32. The van der Waals surface area contributed by atoms with Gasteiger partial charge in [-0.15, -0.1) is 0 Å². The summed E-state index contributed by atoms with van der Waals surface area (Å²) >= 11 is 0. The van der Waals surface area contributed by atoms with Crippen LogP contribution in [0.3, 0.4) is 0 Å². The Labute approximate surface area is 218 Å². The first kappa shape index (κ1) is 25.2. The molecule has 0 spiro atoms. The zero-order valence-corrected chi connectivity index (χ0v) is 22.1. The summed E-state index contributed by atoms with van der Waals surface area (Å²) in [5.74, 6) is 0. The Morgan fingerprint density at radius 1 is 0.622 bits per heavy atom. The van der Waals surface area contributed by atoms with Crippen LogP contribution in [0.5, 0.6) is 0 Å². The minimum Gasteiger partial charge on any atom is -0.368 e. The molecule has 1 aliphatic heterocycles. The Morgan fingerprint density at radius 2 is 1.24 bits per heavy atom. The first-order valence-electron chi connectivity index (χ1n) is 12.0. The molecule has 5 rings (SSSR count). The number of benzene rings is 4. The van der Waals surface area contributed by atoms with Crippen LogP contribution in [-0.2, 0) is 19.7 Å². The van der Waals surface area contributed by atoms with E-state index < -0.39 is 19.7 Å². The summed E-state index contributed by atoms with van der Waals surface area (Å²) in [6, 6.07) is 28.4. The lowest BCUT2D eigenvalue weighted by Gasteiger charge is -2.31. The molecule has 1 aliphatic rings. The van der Waals surface area contributed by atoms with Crippen LogP contribution in [0.1, 0.15) is 0 Å². The average Bonchev–Trinajstić information content (AvgIpc) is 2.93. The Bertz CT molecular complexity index is 1640. The maximum atomic E-state index is 13.4. The average molecular weight is 533 g/mol. The van der Waals surface area contributed by atoms with Crippen molar-refractivity contribution < 1.29 is 16.8 Å². The summed E-state index contributed by atoms with van der Waals surface area (Å²) in [7, 11) is -7.04. The van der Waals surface area contributed by atoms with E-state index in [9.17, 15) is 16.8 Å². The third-order valence-corrected chi connectivity index (χ3v) is 9.44. The van der Waals surface area contributed by atoms with Gasteiger partial charge in [0, 0.05) is 43.7 Å². The predicted molar refractivity (Wildman–Crippen MR) is 147 cm³/mol. The fraction of sp³-hybridized carbons (Fsp3) is 0.172. The number of hydrogen-bond acceptors (Lipinski definition) is 6. The molecular weight excluding hydrogens is 504 g/mol. The van der Waals surface area contributed by atoms with Crippen LogP contribution in [0.15, 0.2) is 112 Å². The van der Waals surface area contributed by atoms with Crippen molar-refractivity contribution in [3.05, 3.63) is 97.1 Å². The second-order valence-corrected chi connectivity index (χ2v) is 13.1. The molecule has 1 fully saturated rings.